The molecule has 0 amide bonds. The normalized spacial score (nSPS) is 7.00. The number of ketones is 1. The third kappa shape index (κ3) is 153. The molecule has 0 atom stereocenters. The molecular weight excluding hydrogens is 124 g/mol. The third-order valence-electron chi connectivity index (χ3n) is 0.223. The summed E-state index contributed by atoms with van der Waals surface area (Å²) < 4.78 is 0. The first kappa shape index (κ1) is 11.0. The predicted octanol–water partition coefficient (Wildman–Crippen LogP) is -0.341. The number of aliphatic carboxylic acids is 1. The summed E-state index contributed by atoms with van der Waals surface area (Å²) in [5.41, 5.74) is 0. The summed E-state index contributed by atoms with van der Waals surface area (Å²) in [6.45, 7) is 2.08. The van der Waals surface area contributed by atoms with Crippen LogP contribution in [0.15, 0.2) is 0 Å². The van der Waals surface area contributed by atoms with Gasteiger partial charge in [-0.3, -0.25) is 9.59 Å². The van der Waals surface area contributed by atoms with Gasteiger partial charge >= 0.3 is 0 Å². The molecular formula is C5H10O4. The number of aliphatic hydroxyl groups is 1. The van der Waals surface area contributed by atoms with E-state index in [1.54, 1.807) is 0 Å². The molecule has 0 aromatic carbocycles. The first-order valence-corrected chi connectivity index (χ1v) is 2.30. The smallest absolute Gasteiger partial charge is 0.300 e. The molecule has 0 rings (SSSR count). The Morgan fingerprint density at radius 1 is 1.33 bits per heavy atom. The van der Waals surface area contributed by atoms with Gasteiger partial charge in [-0.05, 0) is 6.92 Å². The van der Waals surface area contributed by atoms with Crippen LogP contribution in [0.25, 0.3) is 0 Å². The summed E-state index contributed by atoms with van der Waals surface area (Å²) in [5, 5.41) is 15.2. The number of aliphatic hydroxyl groups excluding tert-OH is 1. The highest BCUT2D eigenvalue weighted by molar-refractivity contribution is 5.76. The van der Waals surface area contributed by atoms with Crippen LogP contribution < -0.4 is 0 Å². The highest BCUT2D eigenvalue weighted by Gasteiger charge is 1.78. The maximum atomic E-state index is 9.56. The Balaban J connectivity index is 0. The van der Waals surface area contributed by atoms with Crippen molar-refractivity contribution in [2.45, 2.75) is 13.8 Å². The van der Waals surface area contributed by atoms with Gasteiger partial charge in [-0.15, -0.1) is 0 Å². The second-order valence-corrected chi connectivity index (χ2v) is 1.38. The van der Waals surface area contributed by atoms with Gasteiger partial charge in [0.25, 0.3) is 5.97 Å². The molecule has 4 heteroatoms. The van der Waals surface area contributed by atoms with Crippen LogP contribution >= 0.6 is 0 Å². The van der Waals surface area contributed by atoms with Crippen molar-refractivity contribution >= 4 is 11.8 Å². The quantitative estimate of drug-likeness (QED) is 0.514. The molecule has 4 nitrogen and oxygen atoms in total. The molecule has 54 valence electrons. The van der Waals surface area contributed by atoms with Crippen LogP contribution in [0, 0.1) is 0 Å². The van der Waals surface area contributed by atoms with E-state index in [2.05, 4.69) is 0 Å². The molecule has 0 fully saturated rings. The molecule has 0 aliphatic carbocycles. The molecule has 0 aromatic rings. The Kier molecular flexibility index (Phi) is 8.66. The first-order chi connectivity index (χ1) is 4.00. The summed E-state index contributed by atoms with van der Waals surface area (Å²) in [6, 6.07) is 0. The van der Waals surface area contributed by atoms with Crippen molar-refractivity contribution in [1.29, 1.82) is 0 Å². The van der Waals surface area contributed by atoms with Crippen LogP contribution in [-0.2, 0) is 9.59 Å². The maximum absolute atomic E-state index is 9.56. The van der Waals surface area contributed by atoms with Crippen LogP contribution in [-0.4, -0.2) is 28.6 Å². The number of Topliss-reactive ketones (excluding diaryl/α,β-unsaturated/α-hetero) is 1. The summed E-state index contributed by atoms with van der Waals surface area (Å²) in [7, 11) is 0. The van der Waals surface area contributed by atoms with Gasteiger partial charge in [-0.1, -0.05) is 0 Å². The van der Waals surface area contributed by atoms with E-state index < -0.39 is 5.97 Å². The fraction of sp³-hybridized carbons (Fsp3) is 0.600. The zero-order chi connectivity index (χ0) is 7.86. The molecule has 0 aliphatic heterocycles. The molecule has 9 heavy (non-hydrogen) atoms. The van der Waals surface area contributed by atoms with Crippen molar-refractivity contribution < 1.29 is 19.8 Å². The topological polar surface area (TPSA) is 74.6 Å². The van der Waals surface area contributed by atoms with E-state index in [9.17, 15) is 4.79 Å². The van der Waals surface area contributed by atoms with E-state index in [-0.39, 0.29) is 12.4 Å². The number of carbonyl (C=O) groups is 2. The minimum Gasteiger partial charge on any atom is -0.481 e. The summed E-state index contributed by atoms with van der Waals surface area (Å²) >= 11 is 0. The number of hydrogen-bond donors (Lipinski definition) is 2. The van der Waals surface area contributed by atoms with Crippen molar-refractivity contribution in [3.63, 3.8) is 0 Å². The first-order valence-electron chi connectivity index (χ1n) is 2.30. The van der Waals surface area contributed by atoms with Gasteiger partial charge < -0.3 is 10.2 Å². The number of carboxylic acid groups (broad SMARTS) is 1. The lowest BCUT2D eigenvalue weighted by atomic mass is 10.5. The van der Waals surface area contributed by atoms with Crippen LogP contribution in [0.1, 0.15) is 13.8 Å². The number of rotatable bonds is 1. The van der Waals surface area contributed by atoms with Gasteiger partial charge in [0, 0.05) is 6.92 Å². The monoisotopic (exact) mass is 134 g/mol. The summed E-state index contributed by atoms with van der Waals surface area (Å²) in [5.74, 6) is -1.02. The van der Waals surface area contributed by atoms with E-state index >= 15 is 0 Å². The van der Waals surface area contributed by atoms with Crippen LogP contribution in [0.4, 0.5) is 0 Å². The highest BCUT2D eigenvalue weighted by Crippen LogP contribution is 1.55. The van der Waals surface area contributed by atoms with Crippen LogP contribution in [0.2, 0.25) is 0 Å². The molecule has 0 bridgehead atoms. The fourth-order valence-electron chi connectivity index (χ4n) is 0. The average Bonchev–Trinajstić information content (AvgIpc) is 1.65. The van der Waals surface area contributed by atoms with Gasteiger partial charge in [-0.25, -0.2) is 0 Å². The van der Waals surface area contributed by atoms with Gasteiger partial charge in [0.1, 0.15) is 6.61 Å². The van der Waals surface area contributed by atoms with Crippen molar-refractivity contribution in [1.82, 2.24) is 0 Å². The van der Waals surface area contributed by atoms with Gasteiger partial charge in [0.05, 0.1) is 0 Å². The average molecular weight is 134 g/mol. The largest absolute Gasteiger partial charge is 0.481 e. The van der Waals surface area contributed by atoms with E-state index in [0.717, 1.165) is 6.92 Å². The van der Waals surface area contributed by atoms with Crippen molar-refractivity contribution in [2.75, 3.05) is 6.61 Å². The minimum atomic E-state index is -0.833. The molecule has 0 saturated heterocycles. The fourth-order valence-corrected chi connectivity index (χ4v) is 0. The molecule has 0 radical (unpaired) electrons. The Morgan fingerprint density at radius 2 is 1.44 bits per heavy atom. The number of carboxylic acids is 1. The molecule has 0 unspecified atom stereocenters. The SMILES string of the molecule is CC(=O)CO.CC(=O)O. The van der Waals surface area contributed by atoms with E-state index in [0.29, 0.717) is 0 Å². The van der Waals surface area contributed by atoms with Gasteiger partial charge in [0.2, 0.25) is 0 Å². The van der Waals surface area contributed by atoms with Crippen LogP contribution in [0.3, 0.4) is 0 Å². The minimum absolute atomic E-state index is 0.190. The zero-order valence-electron chi connectivity index (χ0n) is 5.42. The maximum Gasteiger partial charge on any atom is 0.300 e. The number of carbonyl (C=O) groups excluding carboxylic acids is 1. The second kappa shape index (κ2) is 7.10. The lowest BCUT2D eigenvalue weighted by molar-refractivity contribution is -0.134. The molecule has 0 spiro atoms. The Bertz CT molecular complexity index is 93.1. The zero-order valence-corrected chi connectivity index (χ0v) is 5.42. The molecule has 0 aromatic heterocycles. The van der Waals surface area contributed by atoms with Crippen molar-refractivity contribution in [3.8, 4) is 0 Å². The summed E-state index contributed by atoms with van der Waals surface area (Å²) in [6.07, 6.45) is 0. The van der Waals surface area contributed by atoms with E-state index in [1.807, 2.05) is 0 Å². The molecule has 0 aliphatic rings. The predicted molar refractivity (Wildman–Crippen MR) is 31.1 cm³/mol. The standard InChI is InChI=1S/C3H6O2.C2H4O2/c1-3(5)2-4;1-2(3)4/h4H,2H2,1H3;1H3,(H,3,4). The highest BCUT2D eigenvalue weighted by atomic mass is 16.4. The lowest BCUT2D eigenvalue weighted by Gasteiger charge is -1.72. The number of hydrogen-bond acceptors (Lipinski definition) is 3. The Labute approximate surface area is 53.1 Å². The van der Waals surface area contributed by atoms with E-state index in [1.165, 1.54) is 6.92 Å². The third-order valence-corrected chi connectivity index (χ3v) is 0.223. The summed E-state index contributed by atoms with van der Waals surface area (Å²) in [4.78, 5) is 18.6. The Hall–Kier alpha value is -0.900. The van der Waals surface area contributed by atoms with Gasteiger partial charge in [0.15, 0.2) is 5.78 Å². The molecule has 2 N–H and O–H groups in total. The van der Waals surface area contributed by atoms with Crippen LogP contribution in [0.5, 0.6) is 0 Å². The molecule has 0 heterocycles. The van der Waals surface area contributed by atoms with Crippen molar-refractivity contribution in [2.24, 2.45) is 0 Å². The van der Waals surface area contributed by atoms with Crippen molar-refractivity contribution in [3.05, 3.63) is 0 Å². The Morgan fingerprint density at radius 3 is 1.44 bits per heavy atom. The van der Waals surface area contributed by atoms with E-state index in [4.69, 9.17) is 15.0 Å². The van der Waals surface area contributed by atoms with Gasteiger partial charge in [-0.2, -0.15) is 0 Å². The lowest BCUT2D eigenvalue weighted by Crippen LogP contribution is -1.93. The second-order valence-electron chi connectivity index (χ2n) is 1.38. The molecule has 0 saturated carbocycles.